The summed E-state index contributed by atoms with van der Waals surface area (Å²) in [5.74, 6) is 0. The monoisotopic (exact) mass is 157 g/mol. The average molecular weight is 157 g/mol. The van der Waals surface area contributed by atoms with E-state index in [1.165, 1.54) is 25.7 Å². The molecule has 0 aromatic carbocycles. The molecule has 2 N–H and O–H groups in total. The van der Waals surface area contributed by atoms with Gasteiger partial charge in [0.15, 0.2) is 0 Å². The van der Waals surface area contributed by atoms with Crippen LogP contribution in [0.3, 0.4) is 0 Å². The minimum Gasteiger partial charge on any atom is -0.383 e. The molecule has 0 amide bonds. The molecular weight excluding hydrogens is 138 g/mol. The minimum absolute atomic E-state index is 0.00868. The van der Waals surface area contributed by atoms with Crippen molar-refractivity contribution in [3.63, 3.8) is 0 Å². The van der Waals surface area contributed by atoms with Gasteiger partial charge in [-0.25, -0.2) is 0 Å². The molecule has 0 bridgehead atoms. The summed E-state index contributed by atoms with van der Waals surface area (Å²) in [7, 11) is 1.74. The predicted octanol–water partition coefficient (Wildman–Crippen LogP) is 1.68. The van der Waals surface area contributed by atoms with Crippen molar-refractivity contribution >= 4 is 0 Å². The fourth-order valence-corrected chi connectivity index (χ4v) is 1.86. The lowest BCUT2D eigenvalue weighted by Gasteiger charge is -2.26. The third kappa shape index (κ3) is 2.80. The molecule has 0 unspecified atom stereocenters. The molecule has 1 fully saturated rings. The minimum atomic E-state index is -0.00868. The third-order valence-electron chi connectivity index (χ3n) is 2.53. The van der Waals surface area contributed by atoms with Crippen LogP contribution in [-0.4, -0.2) is 19.3 Å². The van der Waals surface area contributed by atoms with Crippen molar-refractivity contribution < 1.29 is 4.74 Å². The number of hydrogen-bond donors (Lipinski definition) is 1. The molecule has 66 valence electrons. The van der Waals surface area contributed by atoms with Crippen molar-refractivity contribution in [1.29, 1.82) is 0 Å². The zero-order chi connectivity index (χ0) is 8.16. The van der Waals surface area contributed by atoms with Crippen LogP contribution in [0.4, 0.5) is 0 Å². The predicted molar refractivity (Wildman–Crippen MR) is 46.5 cm³/mol. The molecule has 1 rings (SSSR count). The molecule has 0 radical (unpaired) electrons. The Morgan fingerprint density at radius 2 is 1.73 bits per heavy atom. The van der Waals surface area contributed by atoms with Crippen LogP contribution in [0.1, 0.15) is 38.5 Å². The van der Waals surface area contributed by atoms with Gasteiger partial charge in [0, 0.05) is 12.6 Å². The molecule has 2 nitrogen and oxygen atoms in total. The highest BCUT2D eigenvalue weighted by atomic mass is 16.5. The molecule has 0 atom stereocenters. The van der Waals surface area contributed by atoms with E-state index in [1.54, 1.807) is 7.11 Å². The first-order chi connectivity index (χ1) is 5.27. The van der Waals surface area contributed by atoms with Crippen LogP contribution in [0.25, 0.3) is 0 Å². The summed E-state index contributed by atoms with van der Waals surface area (Å²) < 4.78 is 5.11. The van der Waals surface area contributed by atoms with E-state index in [4.69, 9.17) is 10.5 Å². The number of ether oxygens (including phenoxy) is 1. The zero-order valence-corrected chi connectivity index (χ0v) is 7.44. The second-order valence-electron chi connectivity index (χ2n) is 3.71. The van der Waals surface area contributed by atoms with Crippen molar-refractivity contribution in [1.82, 2.24) is 0 Å². The van der Waals surface area contributed by atoms with Crippen molar-refractivity contribution in [3.8, 4) is 0 Å². The first-order valence-electron chi connectivity index (χ1n) is 4.55. The van der Waals surface area contributed by atoms with Gasteiger partial charge in [-0.3, -0.25) is 0 Å². The van der Waals surface area contributed by atoms with Gasteiger partial charge < -0.3 is 10.5 Å². The molecule has 0 aromatic heterocycles. The lowest BCUT2D eigenvalue weighted by molar-refractivity contribution is 0.122. The largest absolute Gasteiger partial charge is 0.383 e. The molecule has 1 aliphatic rings. The Kier molecular flexibility index (Phi) is 3.34. The molecule has 0 spiro atoms. The Bertz CT molecular complexity index is 106. The summed E-state index contributed by atoms with van der Waals surface area (Å²) in [6.45, 7) is 0.729. The summed E-state index contributed by atoms with van der Waals surface area (Å²) >= 11 is 0. The van der Waals surface area contributed by atoms with Gasteiger partial charge in [0.1, 0.15) is 0 Å². The Hall–Kier alpha value is -0.0800. The van der Waals surface area contributed by atoms with Crippen molar-refractivity contribution in [2.75, 3.05) is 13.7 Å². The molecule has 1 saturated carbocycles. The van der Waals surface area contributed by atoms with Crippen LogP contribution in [0.15, 0.2) is 0 Å². The summed E-state index contributed by atoms with van der Waals surface area (Å²) in [6.07, 6.45) is 7.53. The molecule has 0 aromatic rings. The average Bonchev–Trinajstić information content (AvgIpc) is 2.15. The van der Waals surface area contributed by atoms with Gasteiger partial charge in [-0.15, -0.1) is 0 Å². The van der Waals surface area contributed by atoms with Gasteiger partial charge in [0.05, 0.1) is 6.61 Å². The first-order valence-corrected chi connectivity index (χ1v) is 4.55. The highest BCUT2D eigenvalue weighted by Gasteiger charge is 2.25. The van der Waals surface area contributed by atoms with Gasteiger partial charge in [-0.2, -0.15) is 0 Å². The molecule has 0 saturated heterocycles. The van der Waals surface area contributed by atoms with Crippen molar-refractivity contribution in [2.45, 2.75) is 44.1 Å². The van der Waals surface area contributed by atoms with Gasteiger partial charge in [0.25, 0.3) is 0 Å². The van der Waals surface area contributed by atoms with E-state index in [0.717, 1.165) is 19.4 Å². The molecule has 0 aliphatic heterocycles. The Morgan fingerprint density at radius 3 is 2.18 bits per heavy atom. The van der Waals surface area contributed by atoms with Gasteiger partial charge in [0.2, 0.25) is 0 Å². The number of methoxy groups -OCH3 is 1. The highest BCUT2D eigenvalue weighted by molar-refractivity contribution is 4.85. The quantitative estimate of drug-likeness (QED) is 0.619. The zero-order valence-electron chi connectivity index (χ0n) is 7.44. The van der Waals surface area contributed by atoms with E-state index >= 15 is 0 Å². The molecule has 2 heteroatoms. The maximum atomic E-state index is 6.14. The van der Waals surface area contributed by atoms with E-state index < -0.39 is 0 Å². The second-order valence-corrected chi connectivity index (χ2v) is 3.71. The Balaban J connectivity index is 2.38. The third-order valence-corrected chi connectivity index (χ3v) is 2.53. The molecular formula is C9H19NO. The lowest BCUT2D eigenvalue weighted by Crippen LogP contribution is -2.43. The maximum Gasteiger partial charge on any atom is 0.0642 e. The fourth-order valence-electron chi connectivity index (χ4n) is 1.86. The number of nitrogens with two attached hydrogens (primary N) is 1. The van der Waals surface area contributed by atoms with E-state index in [0.29, 0.717) is 0 Å². The van der Waals surface area contributed by atoms with Gasteiger partial charge >= 0.3 is 0 Å². The van der Waals surface area contributed by atoms with Crippen LogP contribution in [0.5, 0.6) is 0 Å². The van der Waals surface area contributed by atoms with E-state index in [2.05, 4.69) is 0 Å². The first kappa shape index (κ1) is 9.01. The number of hydrogen-bond acceptors (Lipinski definition) is 2. The highest BCUT2D eigenvalue weighted by Crippen LogP contribution is 2.24. The maximum absolute atomic E-state index is 6.14. The normalized spacial score (nSPS) is 24.5. The van der Waals surface area contributed by atoms with Crippen LogP contribution in [0.2, 0.25) is 0 Å². The molecule has 0 heterocycles. The van der Waals surface area contributed by atoms with E-state index in [9.17, 15) is 0 Å². The SMILES string of the molecule is COCC1(N)CCCCCC1. The summed E-state index contributed by atoms with van der Waals surface area (Å²) in [4.78, 5) is 0. The van der Waals surface area contributed by atoms with Gasteiger partial charge in [-0.05, 0) is 12.8 Å². The molecule has 11 heavy (non-hydrogen) atoms. The summed E-state index contributed by atoms with van der Waals surface area (Å²) in [5, 5.41) is 0. The van der Waals surface area contributed by atoms with Crippen LogP contribution in [-0.2, 0) is 4.74 Å². The fraction of sp³-hybridized carbons (Fsp3) is 1.00. The number of rotatable bonds is 2. The lowest BCUT2D eigenvalue weighted by atomic mass is 9.93. The van der Waals surface area contributed by atoms with Crippen LogP contribution < -0.4 is 5.73 Å². The standard InChI is InChI=1S/C9H19NO/c1-11-8-9(10)6-4-2-3-5-7-9/h2-8,10H2,1H3. The van der Waals surface area contributed by atoms with E-state index in [-0.39, 0.29) is 5.54 Å². The van der Waals surface area contributed by atoms with Crippen LogP contribution in [0, 0.1) is 0 Å². The summed E-state index contributed by atoms with van der Waals surface area (Å²) in [6, 6.07) is 0. The van der Waals surface area contributed by atoms with Crippen molar-refractivity contribution in [2.24, 2.45) is 5.73 Å². The Morgan fingerprint density at radius 1 is 1.18 bits per heavy atom. The van der Waals surface area contributed by atoms with E-state index in [1.807, 2.05) is 0 Å². The van der Waals surface area contributed by atoms with Gasteiger partial charge in [-0.1, -0.05) is 25.7 Å². The Labute approximate surface area is 69.1 Å². The summed E-state index contributed by atoms with van der Waals surface area (Å²) in [5.41, 5.74) is 6.14. The van der Waals surface area contributed by atoms with Crippen LogP contribution >= 0.6 is 0 Å². The topological polar surface area (TPSA) is 35.2 Å². The smallest absolute Gasteiger partial charge is 0.0642 e. The second kappa shape index (κ2) is 4.07. The van der Waals surface area contributed by atoms with Crippen molar-refractivity contribution in [3.05, 3.63) is 0 Å². The molecule has 1 aliphatic carbocycles.